The molecule has 1 unspecified atom stereocenters. The highest BCUT2D eigenvalue weighted by Crippen LogP contribution is 2.29. The molecule has 0 saturated heterocycles. The highest BCUT2D eigenvalue weighted by atomic mass is 32.1. The fourth-order valence-corrected chi connectivity index (χ4v) is 3.39. The number of hydrogen-bond donors (Lipinski definition) is 1. The Balaban J connectivity index is 2.41. The van der Waals surface area contributed by atoms with Crippen LogP contribution < -0.4 is 5.32 Å². The first-order valence-electron chi connectivity index (χ1n) is 7.28. The van der Waals surface area contributed by atoms with Gasteiger partial charge in [0.1, 0.15) is 0 Å². The van der Waals surface area contributed by atoms with Crippen molar-refractivity contribution < 1.29 is 0 Å². The van der Waals surface area contributed by atoms with E-state index >= 15 is 0 Å². The monoisotopic (exact) mass is 289 g/mol. The minimum atomic E-state index is 0.208. The zero-order chi connectivity index (χ0) is 14.5. The summed E-state index contributed by atoms with van der Waals surface area (Å²) >= 11 is 1.52. The van der Waals surface area contributed by atoms with Crippen LogP contribution in [0.3, 0.4) is 0 Å². The molecule has 0 aliphatic rings. The topological polar surface area (TPSA) is 37.8 Å². The maximum atomic E-state index is 4.31. The van der Waals surface area contributed by atoms with Crippen molar-refractivity contribution in [3.63, 3.8) is 0 Å². The maximum absolute atomic E-state index is 4.31. The van der Waals surface area contributed by atoms with Crippen molar-refractivity contribution in [2.75, 3.05) is 6.54 Å². The molecule has 0 aliphatic carbocycles. The molecule has 1 N–H and O–H groups in total. The number of nitrogens with one attached hydrogen (secondary N) is 1. The van der Waals surface area contributed by atoms with Gasteiger partial charge in [0.05, 0.1) is 16.6 Å². The van der Waals surface area contributed by atoms with Gasteiger partial charge >= 0.3 is 0 Å². The van der Waals surface area contributed by atoms with E-state index in [-0.39, 0.29) is 6.04 Å². The van der Waals surface area contributed by atoms with E-state index in [2.05, 4.69) is 60.8 Å². The molecule has 0 aliphatic heterocycles. The van der Waals surface area contributed by atoms with Gasteiger partial charge < -0.3 is 5.32 Å². The molecule has 0 spiro atoms. The summed E-state index contributed by atoms with van der Waals surface area (Å²) in [5.41, 5.74) is 5.06. The molecule has 1 heterocycles. The third kappa shape index (κ3) is 3.44. The normalized spacial score (nSPS) is 12.6. The average molecular weight is 289 g/mol. The third-order valence-corrected chi connectivity index (χ3v) is 4.15. The van der Waals surface area contributed by atoms with Crippen molar-refractivity contribution in [1.82, 2.24) is 14.9 Å². The summed E-state index contributed by atoms with van der Waals surface area (Å²) in [6.07, 6.45) is 2.10. The second-order valence-electron chi connectivity index (χ2n) is 5.25. The van der Waals surface area contributed by atoms with Crippen LogP contribution in [-0.4, -0.2) is 16.1 Å². The summed E-state index contributed by atoms with van der Waals surface area (Å²) in [7, 11) is 0. The lowest BCUT2D eigenvalue weighted by atomic mass is 9.98. The highest BCUT2D eigenvalue weighted by molar-refractivity contribution is 7.05. The zero-order valence-electron chi connectivity index (χ0n) is 12.7. The Morgan fingerprint density at radius 1 is 1.15 bits per heavy atom. The Labute approximate surface area is 125 Å². The summed E-state index contributed by atoms with van der Waals surface area (Å²) < 4.78 is 4.17. The van der Waals surface area contributed by atoms with E-state index in [1.807, 2.05) is 0 Å². The molecule has 2 rings (SSSR count). The molecule has 0 fully saturated rings. The van der Waals surface area contributed by atoms with Crippen molar-refractivity contribution in [1.29, 1.82) is 0 Å². The number of aryl methyl sites for hydroxylation is 3. The molecule has 0 radical (unpaired) electrons. The van der Waals surface area contributed by atoms with Crippen molar-refractivity contribution in [3.05, 3.63) is 45.5 Å². The van der Waals surface area contributed by atoms with E-state index in [0.717, 1.165) is 25.1 Å². The minimum Gasteiger partial charge on any atom is -0.306 e. The van der Waals surface area contributed by atoms with Crippen molar-refractivity contribution >= 4 is 11.5 Å². The number of nitrogens with zero attached hydrogens (tertiary/aromatic N) is 2. The molecule has 0 amide bonds. The van der Waals surface area contributed by atoms with Gasteiger partial charge in [-0.1, -0.05) is 54.1 Å². The van der Waals surface area contributed by atoms with Crippen LogP contribution in [0.1, 0.15) is 53.6 Å². The van der Waals surface area contributed by atoms with E-state index in [4.69, 9.17) is 0 Å². The predicted molar refractivity (Wildman–Crippen MR) is 85.3 cm³/mol. The molecule has 0 saturated carbocycles. The van der Waals surface area contributed by atoms with Crippen LogP contribution in [0, 0.1) is 13.8 Å². The molecule has 2 aromatic rings. The summed E-state index contributed by atoms with van der Waals surface area (Å²) in [4.78, 5) is 1.26. The van der Waals surface area contributed by atoms with Gasteiger partial charge in [-0.2, -0.15) is 0 Å². The van der Waals surface area contributed by atoms with Crippen molar-refractivity contribution in [3.8, 4) is 0 Å². The molecule has 20 heavy (non-hydrogen) atoms. The lowest BCUT2D eigenvalue weighted by Gasteiger charge is -2.19. The molecule has 1 aromatic heterocycles. The van der Waals surface area contributed by atoms with Crippen LogP contribution in [0.2, 0.25) is 0 Å². The molecule has 108 valence electrons. The number of benzene rings is 1. The standard InChI is InChI=1S/C16H23N3S/c1-5-7-14-16(20-19-18-14)15(17-6-2)13-9-11(3)8-12(4)10-13/h8-10,15,17H,5-7H2,1-4H3. The Hall–Kier alpha value is -1.26. The van der Waals surface area contributed by atoms with Crippen LogP contribution in [0.5, 0.6) is 0 Å². The Bertz CT molecular complexity index is 542. The third-order valence-electron chi connectivity index (χ3n) is 3.32. The molecular formula is C16H23N3S. The van der Waals surface area contributed by atoms with Crippen LogP contribution in [-0.2, 0) is 6.42 Å². The predicted octanol–water partition coefficient (Wildman–Crippen LogP) is 3.81. The highest BCUT2D eigenvalue weighted by Gasteiger charge is 2.20. The SMILES string of the molecule is CCCc1nnsc1C(NCC)c1cc(C)cc(C)c1. The number of rotatable bonds is 6. The van der Waals surface area contributed by atoms with E-state index in [1.165, 1.54) is 33.1 Å². The molecule has 1 atom stereocenters. The van der Waals surface area contributed by atoms with Crippen LogP contribution in [0.25, 0.3) is 0 Å². The first-order chi connectivity index (χ1) is 9.65. The quantitative estimate of drug-likeness (QED) is 0.879. The fraction of sp³-hybridized carbons (Fsp3) is 0.500. The fourth-order valence-electron chi connectivity index (χ4n) is 2.59. The van der Waals surface area contributed by atoms with Gasteiger partial charge in [-0.15, -0.1) is 5.10 Å². The lowest BCUT2D eigenvalue weighted by molar-refractivity contribution is 0.630. The average Bonchev–Trinajstić information content (AvgIpc) is 2.83. The van der Waals surface area contributed by atoms with Gasteiger partial charge in [-0.05, 0) is 43.9 Å². The maximum Gasteiger partial charge on any atom is 0.0807 e. The van der Waals surface area contributed by atoms with Gasteiger partial charge in [0.2, 0.25) is 0 Å². The van der Waals surface area contributed by atoms with Crippen molar-refractivity contribution in [2.24, 2.45) is 0 Å². The van der Waals surface area contributed by atoms with E-state index in [1.54, 1.807) is 0 Å². The first kappa shape index (κ1) is 15.1. The first-order valence-corrected chi connectivity index (χ1v) is 8.05. The lowest BCUT2D eigenvalue weighted by Crippen LogP contribution is -2.22. The Kier molecular flexibility index (Phi) is 5.26. The van der Waals surface area contributed by atoms with Crippen LogP contribution >= 0.6 is 11.5 Å². The van der Waals surface area contributed by atoms with Crippen molar-refractivity contribution in [2.45, 2.75) is 46.6 Å². The second-order valence-corrected chi connectivity index (χ2v) is 6.03. The summed E-state index contributed by atoms with van der Waals surface area (Å²) in [6.45, 7) is 9.56. The summed E-state index contributed by atoms with van der Waals surface area (Å²) in [5, 5.41) is 7.89. The summed E-state index contributed by atoms with van der Waals surface area (Å²) in [6, 6.07) is 6.94. The van der Waals surface area contributed by atoms with E-state index < -0.39 is 0 Å². The van der Waals surface area contributed by atoms with E-state index in [9.17, 15) is 0 Å². The smallest absolute Gasteiger partial charge is 0.0807 e. The zero-order valence-corrected chi connectivity index (χ0v) is 13.5. The van der Waals surface area contributed by atoms with Gasteiger partial charge in [0, 0.05) is 0 Å². The Morgan fingerprint density at radius 2 is 1.85 bits per heavy atom. The molecule has 4 heteroatoms. The molecule has 3 nitrogen and oxygen atoms in total. The van der Waals surface area contributed by atoms with E-state index in [0.29, 0.717) is 0 Å². The van der Waals surface area contributed by atoms with Crippen LogP contribution in [0.4, 0.5) is 0 Å². The molecular weight excluding hydrogens is 266 g/mol. The summed E-state index contributed by atoms with van der Waals surface area (Å²) in [5.74, 6) is 0. The van der Waals surface area contributed by atoms with Gasteiger partial charge in [0.15, 0.2) is 0 Å². The van der Waals surface area contributed by atoms with Gasteiger partial charge in [-0.3, -0.25) is 0 Å². The number of aromatic nitrogens is 2. The second kappa shape index (κ2) is 6.95. The molecule has 0 bridgehead atoms. The minimum absolute atomic E-state index is 0.208. The van der Waals surface area contributed by atoms with Gasteiger partial charge in [0.25, 0.3) is 0 Å². The number of hydrogen-bond acceptors (Lipinski definition) is 4. The van der Waals surface area contributed by atoms with Gasteiger partial charge in [-0.25, -0.2) is 0 Å². The largest absolute Gasteiger partial charge is 0.306 e. The Morgan fingerprint density at radius 3 is 2.45 bits per heavy atom. The van der Waals surface area contributed by atoms with Crippen LogP contribution in [0.15, 0.2) is 18.2 Å². The molecule has 1 aromatic carbocycles.